The quantitative estimate of drug-likeness (QED) is 0.776. The van der Waals surface area contributed by atoms with Crippen LogP contribution < -0.4 is 11.1 Å². The fraction of sp³-hybridized carbons (Fsp3) is 0.846. The Kier molecular flexibility index (Phi) is 6.62. The van der Waals surface area contributed by atoms with Crippen molar-refractivity contribution in [3.63, 3.8) is 0 Å². The van der Waals surface area contributed by atoms with E-state index in [1.165, 1.54) is 0 Å². The maximum atomic E-state index is 12.1. The van der Waals surface area contributed by atoms with Crippen LogP contribution in [-0.2, 0) is 9.53 Å². The highest BCUT2D eigenvalue weighted by Gasteiger charge is 2.27. The number of nitrogens with one attached hydrogen (secondary N) is 1. The van der Waals surface area contributed by atoms with E-state index in [2.05, 4.69) is 5.32 Å². The maximum Gasteiger partial charge on any atom is 0.407 e. The molecule has 6 heteroatoms. The van der Waals surface area contributed by atoms with Crippen molar-refractivity contribution >= 4 is 12.0 Å². The van der Waals surface area contributed by atoms with Crippen LogP contribution >= 0.6 is 0 Å². The Morgan fingerprint density at radius 3 is 2.84 bits per heavy atom. The summed E-state index contributed by atoms with van der Waals surface area (Å²) >= 11 is 0. The lowest BCUT2D eigenvalue weighted by atomic mass is 10.0. The minimum atomic E-state index is -0.425. The van der Waals surface area contributed by atoms with E-state index < -0.39 is 12.1 Å². The number of piperidine rings is 1. The first-order chi connectivity index (χ1) is 9.08. The fourth-order valence-corrected chi connectivity index (χ4v) is 2.30. The molecule has 1 aliphatic rings. The van der Waals surface area contributed by atoms with Gasteiger partial charge in [0.15, 0.2) is 0 Å². The van der Waals surface area contributed by atoms with Gasteiger partial charge in [-0.1, -0.05) is 13.3 Å². The van der Waals surface area contributed by atoms with Crippen LogP contribution in [-0.4, -0.2) is 48.7 Å². The second-order valence-electron chi connectivity index (χ2n) is 4.88. The van der Waals surface area contributed by atoms with Gasteiger partial charge in [-0.2, -0.15) is 0 Å². The summed E-state index contributed by atoms with van der Waals surface area (Å²) in [6, 6.07) is -0.461. The topological polar surface area (TPSA) is 84.7 Å². The number of hydrogen-bond donors (Lipinski definition) is 2. The van der Waals surface area contributed by atoms with Crippen LogP contribution in [0.1, 0.15) is 39.5 Å². The summed E-state index contributed by atoms with van der Waals surface area (Å²) in [5, 5.41) is 2.78. The van der Waals surface area contributed by atoms with Gasteiger partial charge in [-0.15, -0.1) is 0 Å². The SMILES string of the molecule is CCC[C@@H](N)C(=O)N1CCCC(NC(=O)OCC)C1. The number of alkyl carbamates (subject to hydrolysis) is 1. The summed E-state index contributed by atoms with van der Waals surface area (Å²) in [5.41, 5.74) is 5.85. The number of carbonyl (C=O) groups is 2. The number of carbonyl (C=O) groups excluding carboxylic acids is 2. The van der Waals surface area contributed by atoms with Crippen LogP contribution in [0.4, 0.5) is 4.79 Å². The molecule has 0 spiro atoms. The molecule has 0 saturated carbocycles. The molecule has 1 heterocycles. The lowest BCUT2D eigenvalue weighted by Crippen LogP contribution is -2.53. The van der Waals surface area contributed by atoms with Gasteiger partial charge in [0.2, 0.25) is 5.91 Å². The number of amides is 2. The van der Waals surface area contributed by atoms with Crippen molar-refractivity contribution < 1.29 is 14.3 Å². The molecule has 2 amide bonds. The predicted molar refractivity (Wildman–Crippen MR) is 72.6 cm³/mol. The van der Waals surface area contributed by atoms with Gasteiger partial charge in [-0.05, 0) is 26.2 Å². The zero-order chi connectivity index (χ0) is 14.3. The first-order valence-electron chi connectivity index (χ1n) is 7.06. The van der Waals surface area contributed by atoms with Gasteiger partial charge < -0.3 is 20.7 Å². The van der Waals surface area contributed by atoms with Crippen LogP contribution in [0.25, 0.3) is 0 Å². The largest absolute Gasteiger partial charge is 0.450 e. The summed E-state index contributed by atoms with van der Waals surface area (Å²) in [4.78, 5) is 25.2. The lowest BCUT2D eigenvalue weighted by molar-refractivity contribution is -0.134. The number of ether oxygens (including phenoxy) is 1. The van der Waals surface area contributed by atoms with Crippen molar-refractivity contribution in [3.8, 4) is 0 Å². The van der Waals surface area contributed by atoms with E-state index in [1.54, 1.807) is 11.8 Å². The molecule has 2 atom stereocenters. The minimum absolute atomic E-state index is 0.0165. The molecule has 0 radical (unpaired) electrons. The second kappa shape index (κ2) is 7.99. The molecule has 1 saturated heterocycles. The molecule has 0 aliphatic carbocycles. The average molecular weight is 271 g/mol. The van der Waals surface area contributed by atoms with E-state index in [4.69, 9.17) is 10.5 Å². The van der Waals surface area contributed by atoms with Crippen molar-refractivity contribution in [2.45, 2.75) is 51.6 Å². The van der Waals surface area contributed by atoms with Crippen molar-refractivity contribution in [1.82, 2.24) is 10.2 Å². The Bertz CT molecular complexity index is 310. The summed E-state index contributed by atoms with van der Waals surface area (Å²) < 4.78 is 4.85. The molecule has 1 fully saturated rings. The smallest absolute Gasteiger partial charge is 0.407 e. The van der Waals surface area contributed by atoms with Gasteiger partial charge in [-0.3, -0.25) is 4.79 Å². The Morgan fingerprint density at radius 2 is 2.21 bits per heavy atom. The number of nitrogens with two attached hydrogens (primary N) is 1. The van der Waals surface area contributed by atoms with Gasteiger partial charge in [-0.25, -0.2) is 4.79 Å². The third kappa shape index (κ3) is 5.06. The third-order valence-electron chi connectivity index (χ3n) is 3.25. The van der Waals surface area contributed by atoms with E-state index in [9.17, 15) is 9.59 Å². The molecule has 0 bridgehead atoms. The molecule has 0 aromatic heterocycles. The zero-order valence-electron chi connectivity index (χ0n) is 11.9. The van der Waals surface area contributed by atoms with Gasteiger partial charge in [0.1, 0.15) is 0 Å². The van der Waals surface area contributed by atoms with Crippen molar-refractivity contribution in [2.75, 3.05) is 19.7 Å². The molecule has 1 aliphatic heterocycles. The van der Waals surface area contributed by atoms with Crippen LogP contribution in [0.3, 0.4) is 0 Å². The summed E-state index contributed by atoms with van der Waals surface area (Å²) in [6.07, 6.45) is 2.92. The Morgan fingerprint density at radius 1 is 1.47 bits per heavy atom. The normalized spacial score (nSPS) is 20.8. The standard InChI is InChI=1S/C13H25N3O3/c1-3-6-11(14)12(17)16-8-5-7-10(9-16)15-13(18)19-4-2/h10-11H,3-9,14H2,1-2H3,(H,15,18)/t10?,11-/m1/s1. The highest BCUT2D eigenvalue weighted by molar-refractivity contribution is 5.81. The molecule has 19 heavy (non-hydrogen) atoms. The first kappa shape index (κ1) is 15.8. The number of rotatable bonds is 5. The van der Waals surface area contributed by atoms with E-state index in [-0.39, 0.29) is 11.9 Å². The van der Waals surface area contributed by atoms with Gasteiger partial charge in [0.05, 0.1) is 12.6 Å². The monoisotopic (exact) mass is 271 g/mol. The van der Waals surface area contributed by atoms with Gasteiger partial charge >= 0.3 is 6.09 Å². The molecular formula is C13H25N3O3. The molecule has 1 unspecified atom stereocenters. The van der Waals surface area contributed by atoms with E-state index >= 15 is 0 Å². The summed E-state index contributed by atoms with van der Waals surface area (Å²) in [5.74, 6) is -0.0165. The molecule has 6 nitrogen and oxygen atoms in total. The second-order valence-corrected chi connectivity index (χ2v) is 4.88. The van der Waals surface area contributed by atoms with Crippen LogP contribution in [0.5, 0.6) is 0 Å². The average Bonchev–Trinajstić information content (AvgIpc) is 2.38. The van der Waals surface area contributed by atoms with Crippen LogP contribution in [0, 0.1) is 0 Å². The Balaban J connectivity index is 2.45. The molecule has 0 aromatic rings. The van der Waals surface area contributed by atoms with Crippen molar-refractivity contribution in [2.24, 2.45) is 5.73 Å². The van der Waals surface area contributed by atoms with Gasteiger partial charge in [0, 0.05) is 19.1 Å². The number of likely N-dealkylation sites (tertiary alicyclic amines) is 1. The van der Waals surface area contributed by atoms with E-state index in [1.807, 2.05) is 6.92 Å². The summed E-state index contributed by atoms with van der Waals surface area (Å²) in [7, 11) is 0. The summed E-state index contributed by atoms with van der Waals surface area (Å²) in [6.45, 7) is 5.36. The highest BCUT2D eigenvalue weighted by atomic mass is 16.5. The van der Waals surface area contributed by atoms with Crippen LogP contribution in [0.2, 0.25) is 0 Å². The number of hydrogen-bond acceptors (Lipinski definition) is 4. The van der Waals surface area contributed by atoms with Gasteiger partial charge in [0.25, 0.3) is 0 Å². The molecule has 1 rings (SSSR count). The Hall–Kier alpha value is -1.30. The van der Waals surface area contributed by atoms with E-state index in [0.29, 0.717) is 19.6 Å². The molecule has 3 N–H and O–H groups in total. The van der Waals surface area contributed by atoms with Crippen molar-refractivity contribution in [1.29, 1.82) is 0 Å². The minimum Gasteiger partial charge on any atom is -0.450 e. The molecule has 110 valence electrons. The predicted octanol–water partition coefficient (Wildman–Crippen LogP) is 0.851. The first-order valence-corrected chi connectivity index (χ1v) is 7.06. The van der Waals surface area contributed by atoms with Crippen molar-refractivity contribution in [3.05, 3.63) is 0 Å². The third-order valence-corrected chi connectivity index (χ3v) is 3.25. The van der Waals surface area contributed by atoms with E-state index in [0.717, 1.165) is 25.8 Å². The Labute approximate surface area is 114 Å². The van der Waals surface area contributed by atoms with Crippen LogP contribution in [0.15, 0.2) is 0 Å². The lowest BCUT2D eigenvalue weighted by Gasteiger charge is -2.34. The maximum absolute atomic E-state index is 12.1. The molecular weight excluding hydrogens is 246 g/mol. The fourth-order valence-electron chi connectivity index (χ4n) is 2.30. The number of nitrogens with zero attached hydrogens (tertiary/aromatic N) is 1. The highest BCUT2D eigenvalue weighted by Crippen LogP contribution is 2.12. The molecule has 0 aromatic carbocycles. The zero-order valence-corrected chi connectivity index (χ0v) is 11.9.